The van der Waals surface area contributed by atoms with Gasteiger partial charge in [0.25, 0.3) is 0 Å². The van der Waals surface area contributed by atoms with Gasteiger partial charge in [-0.3, -0.25) is 9.58 Å². The first-order chi connectivity index (χ1) is 10.1. The summed E-state index contributed by atoms with van der Waals surface area (Å²) in [5.41, 5.74) is 11.2. The quantitative estimate of drug-likeness (QED) is 0.946. The normalized spacial score (nSPS) is 16.5. The summed E-state index contributed by atoms with van der Waals surface area (Å²) in [5.74, 6) is 0. The van der Waals surface area contributed by atoms with Crippen molar-refractivity contribution in [2.75, 3.05) is 13.1 Å². The third-order valence-corrected chi connectivity index (χ3v) is 4.31. The summed E-state index contributed by atoms with van der Waals surface area (Å²) < 4.78 is 1.86. The summed E-state index contributed by atoms with van der Waals surface area (Å²) in [6, 6.07) is 7.11. The molecule has 0 spiro atoms. The van der Waals surface area contributed by atoms with Gasteiger partial charge in [0.05, 0.1) is 6.20 Å². The molecule has 0 aliphatic carbocycles. The molecule has 1 aromatic carbocycles. The Bertz CT molecular complexity index is 615. The lowest BCUT2D eigenvalue weighted by atomic mass is 9.98. The number of hydrogen-bond acceptors (Lipinski definition) is 3. The first-order valence-electron chi connectivity index (χ1n) is 7.68. The average molecular weight is 321 g/mol. The average Bonchev–Trinajstić information content (AvgIpc) is 2.90. The molecule has 3 rings (SSSR count). The van der Waals surface area contributed by atoms with Crippen molar-refractivity contribution >= 4 is 12.4 Å². The van der Waals surface area contributed by atoms with Crippen molar-refractivity contribution in [1.82, 2.24) is 14.7 Å². The fraction of sp³-hybridized carbons (Fsp3) is 0.471. The van der Waals surface area contributed by atoms with Crippen LogP contribution in [0.25, 0.3) is 11.1 Å². The van der Waals surface area contributed by atoms with E-state index in [0.717, 1.165) is 32.5 Å². The number of nitrogens with zero attached hydrogens (tertiary/aromatic N) is 3. The molecular weight excluding hydrogens is 296 g/mol. The number of likely N-dealkylation sites (tertiary alicyclic amines) is 1. The van der Waals surface area contributed by atoms with Crippen molar-refractivity contribution in [3.63, 3.8) is 0 Å². The van der Waals surface area contributed by atoms with Crippen LogP contribution >= 0.6 is 12.4 Å². The second kappa shape index (κ2) is 7.27. The molecule has 0 amide bonds. The molecule has 2 N–H and O–H groups in total. The number of benzene rings is 1. The zero-order chi connectivity index (χ0) is 14.8. The lowest BCUT2D eigenvalue weighted by molar-refractivity contribution is 0.206. The standard InChI is InChI=1S/C17H24N4.ClH/c1-13-3-4-14(12-21-7-5-16(18)6-8-21)17(9-13)15-10-19-20(2)11-15;/h3-4,9-11,16H,5-8,12,18H2,1-2H3;1H. The van der Waals surface area contributed by atoms with Gasteiger partial charge in [0.1, 0.15) is 0 Å². The molecule has 5 heteroatoms. The van der Waals surface area contributed by atoms with Gasteiger partial charge in [-0.15, -0.1) is 12.4 Å². The van der Waals surface area contributed by atoms with E-state index in [1.54, 1.807) is 0 Å². The predicted octanol–water partition coefficient (Wildman–Crippen LogP) is 2.74. The molecule has 1 aliphatic heterocycles. The van der Waals surface area contributed by atoms with E-state index >= 15 is 0 Å². The maximum absolute atomic E-state index is 6.00. The van der Waals surface area contributed by atoms with Crippen molar-refractivity contribution in [3.05, 3.63) is 41.7 Å². The second-order valence-corrected chi connectivity index (χ2v) is 6.18. The Labute approximate surface area is 138 Å². The number of aromatic nitrogens is 2. The zero-order valence-electron chi connectivity index (χ0n) is 13.3. The van der Waals surface area contributed by atoms with Crippen LogP contribution in [-0.2, 0) is 13.6 Å². The van der Waals surface area contributed by atoms with Gasteiger partial charge in [-0.1, -0.05) is 23.8 Å². The maximum atomic E-state index is 6.00. The van der Waals surface area contributed by atoms with Crippen molar-refractivity contribution in [1.29, 1.82) is 0 Å². The topological polar surface area (TPSA) is 47.1 Å². The van der Waals surface area contributed by atoms with E-state index < -0.39 is 0 Å². The first-order valence-corrected chi connectivity index (χ1v) is 7.68. The summed E-state index contributed by atoms with van der Waals surface area (Å²) in [4.78, 5) is 2.51. The van der Waals surface area contributed by atoms with E-state index in [9.17, 15) is 0 Å². The lowest BCUT2D eigenvalue weighted by Crippen LogP contribution is -2.39. The van der Waals surface area contributed by atoms with E-state index in [4.69, 9.17) is 5.73 Å². The molecule has 1 saturated heterocycles. The molecule has 0 saturated carbocycles. The van der Waals surface area contributed by atoms with Crippen LogP contribution in [0.3, 0.4) is 0 Å². The number of aryl methyl sites for hydroxylation is 2. The summed E-state index contributed by atoms with van der Waals surface area (Å²) in [6.45, 7) is 5.34. The first kappa shape index (κ1) is 17.0. The Balaban J connectivity index is 0.00000176. The van der Waals surface area contributed by atoms with Gasteiger partial charge >= 0.3 is 0 Å². The number of hydrogen-bond donors (Lipinski definition) is 1. The minimum atomic E-state index is 0. The summed E-state index contributed by atoms with van der Waals surface area (Å²) in [5, 5.41) is 4.31. The van der Waals surface area contributed by atoms with Crippen molar-refractivity contribution in [2.45, 2.75) is 32.4 Å². The summed E-state index contributed by atoms with van der Waals surface area (Å²) >= 11 is 0. The number of piperidine rings is 1. The van der Waals surface area contributed by atoms with Gasteiger partial charge < -0.3 is 5.73 Å². The van der Waals surface area contributed by atoms with Gasteiger partial charge in [0.2, 0.25) is 0 Å². The highest BCUT2D eigenvalue weighted by molar-refractivity contribution is 5.85. The third kappa shape index (κ3) is 3.88. The lowest BCUT2D eigenvalue weighted by Gasteiger charge is -2.30. The molecule has 120 valence electrons. The number of halogens is 1. The van der Waals surface area contributed by atoms with Crippen LogP contribution in [0.4, 0.5) is 0 Å². The van der Waals surface area contributed by atoms with Crippen LogP contribution in [0.1, 0.15) is 24.0 Å². The molecule has 1 aromatic heterocycles. The van der Waals surface area contributed by atoms with Crippen LogP contribution in [0.5, 0.6) is 0 Å². The number of nitrogens with two attached hydrogens (primary N) is 1. The van der Waals surface area contributed by atoms with Crippen molar-refractivity contribution in [2.24, 2.45) is 12.8 Å². The molecule has 0 bridgehead atoms. The van der Waals surface area contributed by atoms with Gasteiger partial charge in [-0.05, 0) is 44.0 Å². The highest BCUT2D eigenvalue weighted by Gasteiger charge is 2.17. The monoisotopic (exact) mass is 320 g/mol. The molecule has 1 fully saturated rings. The predicted molar refractivity (Wildman–Crippen MR) is 93.1 cm³/mol. The Morgan fingerprint density at radius 1 is 1.27 bits per heavy atom. The maximum Gasteiger partial charge on any atom is 0.0568 e. The molecule has 2 aromatic rings. The van der Waals surface area contributed by atoms with Crippen LogP contribution in [0, 0.1) is 6.92 Å². The van der Waals surface area contributed by atoms with Crippen LogP contribution in [-0.4, -0.2) is 33.8 Å². The molecule has 0 atom stereocenters. The van der Waals surface area contributed by atoms with Crippen LogP contribution in [0.2, 0.25) is 0 Å². The molecule has 1 aliphatic rings. The molecule has 0 radical (unpaired) electrons. The minimum absolute atomic E-state index is 0. The molecule has 4 nitrogen and oxygen atoms in total. The Hall–Kier alpha value is -1.36. The van der Waals surface area contributed by atoms with E-state index in [-0.39, 0.29) is 12.4 Å². The molecular formula is C17H25ClN4. The Morgan fingerprint density at radius 3 is 2.64 bits per heavy atom. The largest absolute Gasteiger partial charge is 0.328 e. The van der Waals surface area contributed by atoms with Crippen LogP contribution < -0.4 is 5.73 Å². The zero-order valence-corrected chi connectivity index (χ0v) is 14.1. The van der Waals surface area contributed by atoms with E-state index in [0.29, 0.717) is 6.04 Å². The van der Waals surface area contributed by atoms with E-state index in [2.05, 4.69) is 41.3 Å². The smallest absolute Gasteiger partial charge is 0.0568 e. The van der Waals surface area contributed by atoms with Gasteiger partial charge in [-0.25, -0.2) is 0 Å². The highest BCUT2D eigenvalue weighted by atomic mass is 35.5. The SMILES string of the molecule is Cc1ccc(CN2CCC(N)CC2)c(-c2cnn(C)c2)c1.Cl. The van der Waals surface area contributed by atoms with Crippen molar-refractivity contribution < 1.29 is 0 Å². The summed E-state index contributed by atoms with van der Waals surface area (Å²) in [7, 11) is 1.96. The van der Waals surface area contributed by atoms with E-state index in [1.807, 2.05) is 17.9 Å². The van der Waals surface area contributed by atoms with Gasteiger partial charge in [-0.2, -0.15) is 5.10 Å². The van der Waals surface area contributed by atoms with Gasteiger partial charge in [0.15, 0.2) is 0 Å². The Morgan fingerprint density at radius 2 is 2.00 bits per heavy atom. The molecule has 22 heavy (non-hydrogen) atoms. The molecule has 0 unspecified atom stereocenters. The van der Waals surface area contributed by atoms with Crippen molar-refractivity contribution in [3.8, 4) is 11.1 Å². The fourth-order valence-corrected chi connectivity index (χ4v) is 3.01. The molecule has 2 heterocycles. The van der Waals surface area contributed by atoms with Gasteiger partial charge in [0, 0.05) is 31.4 Å². The fourth-order valence-electron chi connectivity index (χ4n) is 3.01. The summed E-state index contributed by atoms with van der Waals surface area (Å²) in [6.07, 6.45) is 6.25. The Kier molecular flexibility index (Phi) is 5.62. The van der Waals surface area contributed by atoms with Crippen LogP contribution in [0.15, 0.2) is 30.6 Å². The minimum Gasteiger partial charge on any atom is -0.328 e. The van der Waals surface area contributed by atoms with E-state index in [1.165, 1.54) is 22.3 Å². The highest BCUT2D eigenvalue weighted by Crippen LogP contribution is 2.26. The third-order valence-electron chi connectivity index (χ3n) is 4.31. The number of rotatable bonds is 3. The second-order valence-electron chi connectivity index (χ2n) is 6.18.